The first-order chi connectivity index (χ1) is 6.79. The summed E-state index contributed by atoms with van der Waals surface area (Å²) >= 11 is 0. The summed E-state index contributed by atoms with van der Waals surface area (Å²) in [5, 5.41) is 12.2. The predicted octanol–water partition coefficient (Wildman–Crippen LogP) is -0.506. The molecule has 1 saturated heterocycles. The zero-order chi connectivity index (χ0) is 11.6. The van der Waals surface area contributed by atoms with E-state index in [1.807, 2.05) is 0 Å². The van der Waals surface area contributed by atoms with Crippen molar-refractivity contribution >= 4 is 11.8 Å². The van der Waals surface area contributed by atoms with Gasteiger partial charge in [0.25, 0.3) is 0 Å². The molecule has 0 aromatic rings. The second-order valence-corrected chi connectivity index (χ2v) is 4.67. The summed E-state index contributed by atoms with van der Waals surface area (Å²) in [5.41, 5.74) is -0.910. The van der Waals surface area contributed by atoms with Crippen molar-refractivity contribution in [3.8, 4) is 0 Å². The average Bonchev–Trinajstić information content (AvgIpc) is 2.47. The molecule has 1 rings (SSSR count). The quantitative estimate of drug-likeness (QED) is 0.665. The summed E-state index contributed by atoms with van der Waals surface area (Å²) in [7, 11) is 1.63. The Balaban J connectivity index is 2.50. The zero-order valence-corrected chi connectivity index (χ0v) is 9.41. The number of carbonyl (C=O) groups excluding carboxylic acids is 2. The number of hydrogen-bond acceptors (Lipinski definition) is 3. The van der Waals surface area contributed by atoms with E-state index < -0.39 is 11.6 Å². The molecule has 0 saturated carbocycles. The van der Waals surface area contributed by atoms with Gasteiger partial charge in [-0.15, -0.1) is 0 Å². The largest absolute Gasteiger partial charge is 0.389 e. The normalized spacial score (nSPS) is 21.3. The Morgan fingerprint density at radius 3 is 2.67 bits per heavy atom. The summed E-state index contributed by atoms with van der Waals surface area (Å²) in [5.74, 6) is -0.215. The Labute approximate surface area is 89.4 Å². The molecule has 2 amide bonds. The molecule has 1 aliphatic heterocycles. The van der Waals surface area contributed by atoms with Crippen LogP contribution >= 0.6 is 0 Å². The molecule has 2 N–H and O–H groups in total. The van der Waals surface area contributed by atoms with Gasteiger partial charge in [-0.1, -0.05) is 0 Å². The molecular weight excluding hydrogens is 196 g/mol. The van der Waals surface area contributed by atoms with Gasteiger partial charge >= 0.3 is 0 Å². The van der Waals surface area contributed by atoms with Crippen molar-refractivity contribution in [2.45, 2.75) is 38.3 Å². The summed E-state index contributed by atoms with van der Waals surface area (Å²) in [6.07, 6.45) is 0.959. The first-order valence-corrected chi connectivity index (χ1v) is 5.06. The van der Waals surface area contributed by atoms with Crippen LogP contribution in [0.4, 0.5) is 0 Å². The Morgan fingerprint density at radius 1 is 1.67 bits per heavy atom. The molecule has 0 aliphatic carbocycles. The molecule has 1 heterocycles. The lowest BCUT2D eigenvalue weighted by molar-refractivity contribution is -0.135. The van der Waals surface area contributed by atoms with E-state index in [0.29, 0.717) is 12.8 Å². The van der Waals surface area contributed by atoms with Crippen molar-refractivity contribution in [1.29, 1.82) is 0 Å². The van der Waals surface area contributed by atoms with Gasteiger partial charge in [-0.2, -0.15) is 0 Å². The number of nitrogens with zero attached hydrogens (tertiary/aromatic N) is 1. The van der Waals surface area contributed by atoms with Crippen molar-refractivity contribution in [2.24, 2.45) is 0 Å². The number of carbonyl (C=O) groups is 2. The van der Waals surface area contributed by atoms with Crippen LogP contribution in [-0.2, 0) is 9.59 Å². The Bertz CT molecular complexity index is 270. The van der Waals surface area contributed by atoms with Crippen LogP contribution in [-0.4, -0.2) is 47.1 Å². The number of hydrogen-bond donors (Lipinski definition) is 2. The molecule has 0 aromatic carbocycles. The van der Waals surface area contributed by atoms with Gasteiger partial charge in [0.05, 0.1) is 5.60 Å². The van der Waals surface area contributed by atoms with Crippen LogP contribution in [0.1, 0.15) is 26.7 Å². The lowest BCUT2D eigenvalue weighted by Crippen LogP contribution is -2.47. The van der Waals surface area contributed by atoms with Gasteiger partial charge in [0.1, 0.15) is 6.04 Å². The van der Waals surface area contributed by atoms with Crippen molar-refractivity contribution in [2.75, 3.05) is 13.6 Å². The van der Waals surface area contributed by atoms with Gasteiger partial charge in [0.15, 0.2) is 0 Å². The lowest BCUT2D eigenvalue weighted by Gasteiger charge is -2.27. The van der Waals surface area contributed by atoms with E-state index in [2.05, 4.69) is 5.32 Å². The second-order valence-electron chi connectivity index (χ2n) is 4.67. The van der Waals surface area contributed by atoms with Gasteiger partial charge in [0.2, 0.25) is 11.8 Å². The third-order valence-corrected chi connectivity index (χ3v) is 2.29. The topological polar surface area (TPSA) is 69.6 Å². The Kier molecular flexibility index (Phi) is 3.34. The highest BCUT2D eigenvalue weighted by Gasteiger charge is 2.30. The molecule has 0 aromatic heterocycles. The molecular formula is C10H18N2O3. The first-order valence-electron chi connectivity index (χ1n) is 5.06. The maximum atomic E-state index is 11.8. The van der Waals surface area contributed by atoms with Crippen LogP contribution < -0.4 is 5.32 Å². The predicted molar refractivity (Wildman–Crippen MR) is 55.1 cm³/mol. The molecule has 0 radical (unpaired) electrons. The van der Waals surface area contributed by atoms with Crippen LogP contribution in [0.3, 0.4) is 0 Å². The van der Waals surface area contributed by atoms with Crippen LogP contribution in [0.25, 0.3) is 0 Å². The maximum Gasteiger partial charge on any atom is 0.245 e. The van der Waals surface area contributed by atoms with Gasteiger partial charge in [-0.3, -0.25) is 9.59 Å². The summed E-state index contributed by atoms with van der Waals surface area (Å²) in [4.78, 5) is 24.2. The standard InChI is InChI=1S/C10H18N2O3/c1-10(2,15)6-12(3)9(14)7-4-5-8(13)11-7/h7,15H,4-6H2,1-3H3,(H,11,13). The number of nitrogens with one attached hydrogen (secondary N) is 1. The third kappa shape index (κ3) is 3.51. The van der Waals surface area contributed by atoms with Crippen LogP contribution in [0.5, 0.6) is 0 Å². The van der Waals surface area contributed by atoms with Gasteiger partial charge in [-0.25, -0.2) is 0 Å². The molecule has 1 fully saturated rings. The van der Waals surface area contributed by atoms with E-state index in [0.717, 1.165) is 0 Å². The number of rotatable bonds is 3. The molecule has 5 heteroatoms. The minimum Gasteiger partial charge on any atom is -0.389 e. The van der Waals surface area contributed by atoms with Crippen molar-refractivity contribution in [3.05, 3.63) is 0 Å². The highest BCUT2D eigenvalue weighted by atomic mass is 16.3. The van der Waals surface area contributed by atoms with Gasteiger partial charge < -0.3 is 15.3 Å². The molecule has 1 aliphatic rings. The van der Waals surface area contributed by atoms with E-state index in [1.165, 1.54) is 4.90 Å². The summed E-state index contributed by atoms with van der Waals surface area (Å²) < 4.78 is 0. The van der Waals surface area contributed by atoms with Gasteiger partial charge in [-0.05, 0) is 20.3 Å². The highest BCUT2D eigenvalue weighted by molar-refractivity contribution is 5.90. The fourth-order valence-electron chi connectivity index (χ4n) is 1.72. The molecule has 15 heavy (non-hydrogen) atoms. The number of likely N-dealkylation sites (N-methyl/N-ethyl adjacent to an activating group) is 1. The molecule has 5 nitrogen and oxygen atoms in total. The molecule has 0 spiro atoms. The van der Waals surface area contributed by atoms with Crippen molar-refractivity contribution in [1.82, 2.24) is 10.2 Å². The summed E-state index contributed by atoms with van der Waals surface area (Å²) in [6.45, 7) is 3.55. The third-order valence-electron chi connectivity index (χ3n) is 2.29. The fraction of sp³-hybridized carbons (Fsp3) is 0.800. The van der Waals surface area contributed by atoms with E-state index in [9.17, 15) is 14.7 Å². The smallest absolute Gasteiger partial charge is 0.245 e. The van der Waals surface area contributed by atoms with Crippen LogP contribution in [0.15, 0.2) is 0 Å². The number of amides is 2. The zero-order valence-electron chi connectivity index (χ0n) is 9.41. The fourth-order valence-corrected chi connectivity index (χ4v) is 1.72. The van der Waals surface area contributed by atoms with E-state index in [1.54, 1.807) is 20.9 Å². The van der Waals surface area contributed by atoms with Gasteiger partial charge in [0, 0.05) is 20.0 Å². The minimum absolute atomic E-state index is 0.0787. The Morgan fingerprint density at radius 2 is 2.27 bits per heavy atom. The summed E-state index contributed by atoms with van der Waals surface area (Å²) in [6, 6.07) is -0.412. The van der Waals surface area contributed by atoms with E-state index >= 15 is 0 Å². The Hall–Kier alpha value is -1.10. The SMILES string of the molecule is CN(CC(C)(C)O)C(=O)C1CCC(=O)N1. The minimum atomic E-state index is -0.910. The maximum absolute atomic E-state index is 11.8. The van der Waals surface area contributed by atoms with Crippen molar-refractivity contribution in [3.63, 3.8) is 0 Å². The van der Waals surface area contributed by atoms with E-state index in [-0.39, 0.29) is 18.4 Å². The molecule has 1 atom stereocenters. The lowest BCUT2D eigenvalue weighted by atomic mass is 10.1. The first kappa shape index (κ1) is 12.0. The van der Waals surface area contributed by atoms with Crippen LogP contribution in [0, 0.1) is 0 Å². The number of aliphatic hydroxyl groups is 1. The monoisotopic (exact) mass is 214 g/mol. The molecule has 1 unspecified atom stereocenters. The van der Waals surface area contributed by atoms with Crippen molar-refractivity contribution < 1.29 is 14.7 Å². The average molecular weight is 214 g/mol. The van der Waals surface area contributed by atoms with Crippen LogP contribution in [0.2, 0.25) is 0 Å². The molecule has 86 valence electrons. The van der Waals surface area contributed by atoms with E-state index in [4.69, 9.17) is 0 Å². The second kappa shape index (κ2) is 4.18. The molecule has 0 bridgehead atoms. The highest BCUT2D eigenvalue weighted by Crippen LogP contribution is 2.11.